The van der Waals surface area contributed by atoms with Gasteiger partial charge in [-0.1, -0.05) is 29.8 Å². The minimum atomic E-state index is -1.21. The molecule has 0 radical (unpaired) electrons. The zero-order chi connectivity index (χ0) is 40.2. The fraction of sp³-hybridized carbons (Fsp3) is 0.465. The molecule has 0 spiro atoms. The number of aliphatic hydroxyl groups is 1. The van der Waals surface area contributed by atoms with Crippen LogP contribution < -0.4 is 21.2 Å². The molecule has 5 aromatic rings. The number of carbonyl (C=O) groups excluding carboxylic acids is 3. The molecule has 57 heavy (non-hydrogen) atoms. The normalized spacial score (nSPS) is 21.1. The SMILES string of the molecule is CN(CC1CCC(n2cc3cc(NC(=O)c4ccccc4Cl)c(C(C)(C)O)cc3n2)CC1)C1CCN(c2cccc3c2n(C)c(=O)n3C2CCC(=O)NC2=O)CC1. The maximum Gasteiger partial charge on any atom is 0.329 e. The molecule has 300 valence electrons. The van der Waals surface area contributed by atoms with Crippen molar-refractivity contribution in [2.75, 3.05) is 36.9 Å². The summed E-state index contributed by atoms with van der Waals surface area (Å²) in [5.41, 5.74) is 3.35. The van der Waals surface area contributed by atoms with Crippen molar-refractivity contribution in [2.45, 2.75) is 88.9 Å². The van der Waals surface area contributed by atoms with Crippen LogP contribution in [0.25, 0.3) is 21.9 Å². The van der Waals surface area contributed by atoms with E-state index in [0.717, 1.165) is 80.3 Å². The number of carbonyl (C=O) groups is 3. The van der Waals surface area contributed by atoms with E-state index in [-0.39, 0.29) is 30.0 Å². The molecule has 0 bridgehead atoms. The van der Waals surface area contributed by atoms with Crippen LogP contribution in [0.3, 0.4) is 0 Å². The number of nitrogens with one attached hydrogen (secondary N) is 2. The van der Waals surface area contributed by atoms with E-state index >= 15 is 0 Å². The van der Waals surface area contributed by atoms with E-state index in [0.29, 0.717) is 45.7 Å². The number of nitrogens with zero attached hydrogens (tertiary/aromatic N) is 6. The number of halogens is 1. The highest BCUT2D eigenvalue weighted by Crippen LogP contribution is 2.37. The van der Waals surface area contributed by atoms with Gasteiger partial charge in [-0.25, -0.2) is 4.79 Å². The molecule has 2 saturated heterocycles. The largest absolute Gasteiger partial charge is 0.386 e. The number of para-hydroxylation sites is 1. The van der Waals surface area contributed by atoms with Crippen molar-refractivity contribution in [3.8, 4) is 0 Å². The molecule has 1 atom stereocenters. The van der Waals surface area contributed by atoms with Gasteiger partial charge in [0, 0.05) is 62.0 Å². The van der Waals surface area contributed by atoms with Crippen molar-refractivity contribution in [1.82, 2.24) is 29.1 Å². The molecule has 1 aliphatic carbocycles. The summed E-state index contributed by atoms with van der Waals surface area (Å²) in [6.07, 6.45) is 8.88. The molecule has 1 saturated carbocycles. The lowest BCUT2D eigenvalue weighted by Crippen LogP contribution is -2.45. The first kappa shape index (κ1) is 38.9. The Morgan fingerprint density at radius 2 is 1.74 bits per heavy atom. The molecule has 3 amide bonds. The van der Waals surface area contributed by atoms with Gasteiger partial charge in [0.15, 0.2) is 0 Å². The Hall–Kier alpha value is -4.98. The molecule has 1 unspecified atom stereocenters. The van der Waals surface area contributed by atoms with Crippen LogP contribution in [0.4, 0.5) is 11.4 Å². The number of fused-ring (bicyclic) bond motifs is 2. The van der Waals surface area contributed by atoms with Crippen LogP contribution in [-0.4, -0.2) is 79.4 Å². The van der Waals surface area contributed by atoms with Crippen LogP contribution in [0.15, 0.2) is 65.6 Å². The summed E-state index contributed by atoms with van der Waals surface area (Å²) in [4.78, 5) is 56.1. The van der Waals surface area contributed by atoms with Crippen molar-refractivity contribution in [3.63, 3.8) is 0 Å². The summed E-state index contributed by atoms with van der Waals surface area (Å²) >= 11 is 6.30. The summed E-state index contributed by atoms with van der Waals surface area (Å²) in [5, 5.41) is 22.6. The van der Waals surface area contributed by atoms with Crippen LogP contribution in [0.5, 0.6) is 0 Å². The van der Waals surface area contributed by atoms with Crippen LogP contribution >= 0.6 is 11.6 Å². The van der Waals surface area contributed by atoms with Gasteiger partial charge in [0.05, 0.1) is 44.5 Å². The van der Waals surface area contributed by atoms with E-state index in [1.165, 1.54) is 0 Å². The van der Waals surface area contributed by atoms with Gasteiger partial charge in [-0.15, -0.1) is 0 Å². The lowest BCUT2D eigenvalue weighted by molar-refractivity contribution is -0.135. The smallest absolute Gasteiger partial charge is 0.329 e. The van der Waals surface area contributed by atoms with Gasteiger partial charge in [-0.2, -0.15) is 5.10 Å². The van der Waals surface area contributed by atoms with Gasteiger partial charge < -0.3 is 20.2 Å². The third-order valence-electron chi connectivity index (χ3n) is 12.5. The van der Waals surface area contributed by atoms with Gasteiger partial charge in [0.1, 0.15) is 6.04 Å². The maximum absolute atomic E-state index is 13.5. The van der Waals surface area contributed by atoms with Crippen LogP contribution in [0.2, 0.25) is 5.02 Å². The molecule has 13 nitrogen and oxygen atoms in total. The summed E-state index contributed by atoms with van der Waals surface area (Å²) in [7, 11) is 4.01. The lowest BCUT2D eigenvalue weighted by Gasteiger charge is -2.40. The second-order valence-electron chi connectivity index (χ2n) is 16.7. The standard InChI is InChI=1S/C43H51ClN8O5/c1-43(2,57)31-23-33-27(22-34(31)45-40(54)30-8-5-6-9-32(30)44)25-51(47-33)29-14-12-26(13-15-29)24-48(3)28-18-20-50(21-19-28)35-10-7-11-36-39(35)49(4)42(56)52(36)37-16-17-38(53)46-41(37)55/h5-11,22-23,25-26,28-29,37,57H,12-21,24H2,1-4H3,(H,45,54)(H,46,53,55). The average molecular weight is 795 g/mol. The maximum atomic E-state index is 13.5. The Balaban J connectivity index is 0.885. The first-order chi connectivity index (χ1) is 27.3. The van der Waals surface area contributed by atoms with Crippen molar-refractivity contribution >= 4 is 62.6 Å². The predicted octanol–water partition coefficient (Wildman–Crippen LogP) is 6.13. The third-order valence-corrected chi connectivity index (χ3v) is 12.8. The highest BCUT2D eigenvalue weighted by atomic mass is 35.5. The lowest BCUT2D eigenvalue weighted by atomic mass is 9.85. The number of hydrogen-bond acceptors (Lipinski definition) is 8. The minimum absolute atomic E-state index is 0.214. The number of anilines is 2. The van der Waals surface area contributed by atoms with Crippen LogP contribution in [-0.2, 0) is 22.2 Å². The van der Waals surface area contributed by atoms with Crippen molar-refractivity contribution in [2.24, 2.45) is 13.0 Å². The van der Waals surface area contributed by atoms with Gasteiger partial charge in [-0.3, -0.25) is 33.5 Å². The van der Waals surface area contributed by atoms with E-state index in [1.54, 1.807) is 54.3 Å². The second kappa shape index (κ2) is 15.4. The number of benzene rings is 3. The number of aryl methyl sites for hydroxylation is 1. The topological polar surface area (TPSA) is 147 Å². The zero-order valence-corrected chi connectivity index (χ0v) is 33.8. The first-order valence-corrected chi connectivity index (χ1v) is 20.4. The second-order valence-corrected chi connectivity index (χ2v) is 17.1. The van der Waals surface area contributed by atoms with Crippen molar-refractivity contribution in [3.05, 3.63) is 87.4 Å². The molecular formula is C43H51ClN8O5. The Labute approximate surface area is 336 Å². The fourth-order valence-corrected chi connectivity index (χ4v) is 9.54. The van der Waals surface area contributed by atoms with E-state index in [1.807, 2.05) is 24.3 Å². The molecule has 3 N–H and O–H groups in total. The number of amides is 3. The highest BCUT2D eigenvalue weighted by Gasteiger charge is 2.33. The summed E-state index contributed by atoms with van der Waals surface area (Å²) in [6.45, 7) is 6.18. The summed E-state index contributed by atoms with van der Waals surface area (Å²) < 4.78 is 5.27. The summed E-state index contributed by atoms with van der Waals surface area (Å²) in [6, 6.07) is 16.6. The molecule has 4 heterocycles. The monoisotopic (exact) mass is 794 g/mol. The third kappa shape index (κ3) is 7.60. The number of aromatic nitrogens is 4. The van der Waals surface area contributed by atoms with Crippen molar-refractivity contribution < 1.29 is 19.5 Å². The van der Waals surface area contributed by atoms with Crippen LogP contribution in [0, 0.1) is 5.92 Å². The van der Waals surface area contributed by atoms with Gasteiger partial charge >= 0.3 is 5.69 Å². The van der Waals surface area contributed by atoms with E-state index in [9.17, 15) is 24.3 Å². The van der Waals surface area contributed by atoms with E-state index < -0.39 is 17.6 Å². The number of imidazole rings is 1. The molecule has 2 aliphatic heterocycles. The molecule has 3 aromatic carbocycles. The van der Waals surface area contributed by atoms with Gasteiger partial charge in [0.2, 0.25) is 11.8 Å². The van der Waals surface area contributed by atoms with Gasteiger partial charge in [-0.05, 0) is 108 Å². The quantitative estimate of drug-likeness (QED) is 0.151. The van der Waals surface area contributed by atoms with Gasteiger partial charge in [0.25, 0.3) is 5.91 Å². The Kier molecular flexibility index (Phi) is 10.5. The Morgan fingerprint density at radius 3 is 2.44 bits per heavy atom. The number of piperidine rings is 2. The molecule has 14 heteroatoms. The average Bonchev–Trinajstić information content (AvgIpc) is 3.72. The molecule has 3 fully saturated rings. The molecule has 2 aromatic heterocycles. The molecular weight excluding hydrogens is 744 g/mol. The predicted molar refractivity (Wildman–Crippen MR) is 222 cm³/mol. The molecule has 8 rings (SSSR count). The van der Waals surface area contributed by atoms with Crippen molar-refractivity contribution in [1.29, 1.82) is 0 Å². The summed E-state index contributed by atoms with van der Waals surface area (Å²) in [5.74, 6) is -0.463. The number of hydrogen-bond donors (Lipinski definition) is 3. The highest BCUT2D eigenvalue weighted by molar-refractivity contribution is 6.34. The van der Waals surface area contributed by atoms with Crippen LogP contribution in [0.1, 0.15) is 93.2 Å². The Bertz CT molecular complexity index is 2410. The fourth-order valence-electron chi connectivity index (χ4n) is 9.32. The minimum Gasteiger partial charge on any atom is -0.386 e. The number of rotatable bonds is 9. The number of imide groups is 1. The first-order valence-electron chi connectivity index (χ1n) is 20.1. The molecule has 3 aliphatic rings. The Morgan fingerprint density at radius 1 is 1.00 bits per heavy atom. The van der Waals surface area contributed by atoms with E-state index in [2.05, 4.69) is 44.4 Å². The zero-order valence-electron chi connectivity index (χ0n) is 33.0. The van der Waals surface area contributed by atoms with E-state index in [4.69, 9.17) is 16.7 Å².